The van der Waals surface area contributed by atoms with Gasteiger partial charge in [-0.25, -0.2) is 0 Å². The number of nitrogens with zero attached hydrogens (tertiary/aromatic N) is 4. The van der Waals surface area contributed by atoms with E-state index in [2.05, 4.69) is 20.3 Å². The molecule has 1 amide bonds. The van der Waals surface area contributed by atoms with Crippen molar-refractivity contribution in [2.24, 2.45) is 5.92 Å². The van der Waals surface area contributed by atoms with Gasteiger partial charge < -0.3 is 25.4 Å². The summed E-state index contributed by atoms with van der Waals surface area (Å²) < 4.78 is 10.7. The Hall–Kier alpha value is -4.21. The van der Waals surface area contributed by atoms with Crippen LogP contribution in [-0.2, 0) is 20.9 Å². The summed E-state index contributed by atoms with van der Waals surface area (Å²) in [7, 11) is 1.56. The lowest BCUT2D eigenvalue weighted by atomic mass is 10.1. The normalized spacial score (nSPS) is 15.4. The van der Waals surface area contributed by atoms with Gasteiger partial charge >= 0.3 is 5.97 Å². The van der Waals surface area contributed by atoms with Crippen LogP contribution in [0.1, 0.15) is 17.8 Å². The van der Waals surface area contributed by atoms with E-state index in [1.54, 1.807) is 24.1 Å². The van der Waals surface area contributed by atoms with Crippen LogP contribution >= 0.6 is 0 Å². The van der Waals surface area contributed by atoms with Crippen molar-refractivity contribution in [2.45, 2.75) is 20.0 Å². The second-order valence-corrected chi connectivity index (χ2v) is 7.61. The topological polar surface area (TPSA) is 133 Å². The quantitative estimate of drug-likeness (QED) is 0.523. The minimum atomic E-state index is -0.566. The number of benzene rings is 2. The van der Waals surface area contributed by atoms with E-state index in [0.29, 0.717) is 11.4 Å². The molecule has 1 aromatic heterocycles. The van der Waals surface area contributed by atoms with Gasteiger partial charge in [0.1, 0.15) is 5.75 Å². The van der Waals surface area contributed by atoms with E-state index >= 15 is 0 Å². The molecular weight excluding hydrogens is 424 g/mol. The third kappa shape index (κ3) is 5.17. The summed E-state index contributed by atoms with van der Waals surface area (Å²) >= 11 is 0. The number of hydrogen-bond donors (Lipinski definition) is 2. The predicted molar refractivity (Wildman–Crippen MR) is 122 cm³/mol. The van der Waals surface area contributed by atoms with Crippen LogP contribution in [0.25, 0.3) is 0 Å². The number of ether oxygens (including phenoxy) is 2. The molecule has 2 heterocycles. The number of aryl methyl sites for hydroxylation is 1. The van der Waals surface area contributed by atoms with Gasteiger partial charge in [-0.05, 0) is 31.2 Å². The lowest BCUT2D eigenvalue weighted by Gasteiger charge is -2.16. The number of carbonyl (C=O) groups is 2. The lowest BCUT2D eigenvalue weighted by Crippen LogP contribution is -2.26. The zero-order valence-electron chi connectivity index (χ0n) is 18.3. The van der Waals surface area contributed by atoms with Crippen LogP contribution < -0.4 is 20.7 Å². The molecule has 0 radical (unpaired) electrons. The molecule has 3 N–H and O–H groups in total. The SMILES string of the molecule is COc1ccccc1Nc1nc(N)nc(COC(=O)[C@H]2CC(=O)N(c3ccc(C)cc3)C2)n1. The first-order chi connectivity index (χ1) is 15.9. The van der Waals surface area contributed by atoms with E-state index in [1.165, 1.54) is 0 Å². The van der Waals surface area contributed by atoms with E-state index in [-0.39, 0.29) is 43.2 Å². The molecule has 2 aromatic carbocycles. The average molecular weight is 448 g/mol. The maximum Gasteiger partial charge on any atom is 0.311 e. The number of esters is 1. The fourth-order valence-electron chi connectivity index (χ4n) is 3.52. The molecule has 3 aromatic rings. The summed E-state index contributed by atoms with van der Waals surface area (Å²) in [4.78, 5) is 39.0. The summed E-state index contributed by atoms with van der Waals surface area (Å²) in [6, 6.07) is 14.8. The molecule has 0 spiro atoms. The maximum absolute atomic E-state index is 12.6. The van der Waals surface area contributed by atoms with Gasteiger partial charge in [-0.15, -0.1) is 0 Å². The minimum Gasteiger partial charge on any atom is -0.495 e. The number of aromatic nitrogens is 3. The van der Waals surface area contributed by atoms with Gasteiger partial charge in [0.25, 0.3) is 0 Å². The van der Waals surface area contributed by atoms with Crippen molar-refractivity contribution in [3.05, 3.63) is 59.9 Å². The van der Waals surface area contributed by atoms with E-state index < -0.39 is 11.9 Å². The van der Waals surface area contributed by atoms with E-state index in [1.807, 2.05) is 43.3 Å². The number of rotatable bonds is 7. The standard InChI is InChI=1S/C23H24N6O4/c1-14-7-9-16(10-8-14)29-12-15(11-20(29)30)21(31)33-13-19-26-22(24)28-23(27-19)25-17-5-3-4-6-18(17)32-2/h3-10,15H,11-13H2,1-2H3,(H3,24,25,26,27,28)/t15-/m0/s1. The summed E-state index contributed by atoms with van der Waals surface area (Å²) in [5.41, 5.74) is 8.30. The smallest absolute Gasteiger partial charge is 0.311 e. The van der Waals surface area contributed by atoms with Crippen LogP contribution in [-0.4, -0.2) is 40.5 Å². The highest BCUT2D eigenvalue weighted by molar-refractivity contribution is 5.99. The molecule has 0 unspecified atom stereocenters. The molecule has 4 rings (SSSR count). The maximum atomic E-state index is 12.6. The fourth-order valence-corrected chi connectivity index (χ4v) is 3.52. The lowest BCUT2D eigenvalue weighted by molar-refractivity contribution is -0.149. The number of nitrogen functional groups attached to an aromatic ring is 1. The molecule has 10 nitrogen and oxygen atoms in total. The van der Waals surface area contributed by atoms with Gasteiger partial charge in [0.2, 0.25) is 17.8 Å². The van der Waals surface area contributed by atoms with Crippen molar-refractivity contribution in [3.8, 4) is 5.75 Å². The molecule has 1 saturated heterocycles. The number of amides is 1. The second-order valence-electron chi connectivity index (χ2n) is 7.61. The number of carbonyl (C=O) groups excluding carboxylic acids is 2. The van der Waals surface area contributed by atoms with Gasteiger partial charge in [0.15, 0.2) is 12.4 Å². The van der Waals surface area contributed by atoms with Crippen molar-refractivity contribution >= 4 is 35.1 Å². The van der Waals surface area contributed by atoms with E-state index in [4.69, 9.17) is 15.2 Å². The Morgan fingerprint density at radius 2 is 1.91 bits per heavy atom. The highest BCUT2D eigenvalue weighted by Gasteiger charge is 2.36. The highest BCUT2D eigenvalue weighted by Crippen LogP contribution is 2.27. The molecule has 1 aliphatic rings. The molecule has 10 heteroatoms. The Balaban J connectivity index is 1.39. The first kappa shape index (κ1) is 22.0. The minimum absolute atomic E-state index is 0.0185. The van der Waals surface area contributed by atoms with Crippen LogP contribution in [0.5, 0.6) is 5.75 Å². The number of nitrogens with one attached hydrogen (secondary N) is 1. The van der Waals surface area contributed by atoms with Crippen molar-refractivity contribution < 1.29 is 19.1 Å². The summed E-state index contributed by atoms with van der Waals surface area (Å²) in [5, 5.41) is 3.02. The Morgan fingerprint density at radius 1 is 1.15 bits per heavy atom. The Kier molecular flexibility index (Phi) is 6.34. The summed E-state index contributed by atoms with van der Waals surface area (Å²) in [6.07, 6.45) is 0.0899. The average Bonchev–Trinajstić information content (AvgIpc) is 3.19. The van der Waals surface area contributed by atoms with Gasteiger partial charge in [0.05, 0.1) is 18.7 Å². The molecule has 1 aliphatic heterocycles. The molecule has 0 bridgehead atoms. The number of hydrogen-bond acceptors (Lipinski definition) is 9. The Labute approximate surface area is 190 Å². The van der Waals surface area contributed by atoms with Gasteiger partial charge in [-0.2, -0.15) is 15.0 Å². The zero-order valence-corrected chi connectivity index (χ0v) is 18.3. The first-order valence-corrected chi connectivity index (χ1v) is 10.4. The molecule has 0 saturated carbocycles. The van der Waals surface area contributed by atoms with Gasteiger partial charge in [-0.1, -0.05) is 29.8 Å². The number of para-hydroxylation sites is 2. The Bertz CT molecular complexity index is 1170. The molecule has 33 heavy (non-hydrogen) atoms. The van der Waals surface area contributed by atoms with Crippen LogP contribution in [0.2, 0.25) is 0 Å². The Morgan fingerprint density at radius 3 is 2.67 bits per heavy atom. The van der Waals surface area contributed by atoms with Crippen molar-refractivity contribution in [3.63, 3.8) is 0 Å². The van der Waals surface area contributed by atoms with E-state index in [9.17, 15) is 9.59 Å². The van der Waals surface area contributed by atoms with Crippen LogP contribution in [0.3, 0.4) is 0 Å². The van der Waals surface area contributed by atoms with Crippen LogP contribution in [0.15, 0.2) is 48.5 Å². The number of anilines is 4. The number of methoxy groups -OCH3 is 1. The summed E-state index contributed by atoms with van der Waals surface area (Å²) in [5.74, 6) is -0.204. The van der Waals surface area contributed by atoms with Gasteiger partial charge in [0, 0.05) is 18.7 Å². The predicted octanol–water partition coefficient (Wildman–Crippen LogP) is 2.61. The third-order valence-corrected chi connectivity index (χ3v) is 5.20. The van der Waals surface area contributed by atoms with Crippen molar-refractivity contribution in [1.29, 1.82) is 0 Å². The molecular formula is C23H24N6O4. The molecule has 170 valence electrons. The van der Waals surface area contributed by atoms with Crippen molar-refractivity contribution in [1.82, 2.24) is 15.0 Å². The number of nitrogens with two attached hydrogens (primary N) is 1. The zero-order chi connectivity index (χ0) is 23.4. The largest absolute Gasteiger partial charge is 0.495 e. The monoisotopic (exact) mass is 448 g/mol. The van der Waals surface area contributed by atoms with Gasteiger partial charge in [-0.3, -0.25) is 9.59 Å². The van der Waals surface area contributed by atoms with Crippen LogP contribution in [0, 0.1) is 12.8 Å². The van der Waals surface area contributed by atoms with Crippen LogP contribution in [0.4, 0.5) is 23.3 Å². The highest BCUT2D eigenvalue weighted by atomic mass is 16.5. The second kappa shape index (κ2) is 9.51. The fraction of sp³-hybridized carbons (Fsp3) is 0.261. The third-order valence-electron chi connectivity index (χ3n) is 5.20. The first-order valence-electron chi connectivity index (χ1n) is 10.4. The van der Waals surface area contributed by atoms with E-state index in [0.717, 1.165) is 11.3 Å². The molecule has 1 fully saturated rings. The molecule has 1 atom stereocenters. The molecule has 0 aliphatic carbocycles. The van der Waals surface area contributed by atoms with Crippen molar-refractivity contribution in [2.75, 3.05) is 29.6 Å². The summed E-state index contributed by atoms with van der Waals surface area (Å²) in [6.45, 7) is 2.04.